The normalized spacial score (nSPS) is 16.0. The molecule has 4 heteroatoms. The first kappa shape index (κ1) is 28.5. The summed E-state index contributed by atoms with van der Waals surface area (Å²) in [4.78, 5) is 10.4. The van der Waals surface area contributed by atoms with E-state index in [0.717, 1.165) is 33.8 Å². The Labute approximate surface area is 290 Å². The fourth-order valence-electron chi connectivity index (χ4n) is 7.71. The molecule has 2 aliphatic rings. The van der Waals surface area contributed by atoms with Gasteiger partial charge in [-0.15, -0.1) is 0 Å². The monoisotopic (exact) mass is 640 g/mol. The first-order valence-corrected chi connectivity index (χ1v) is 17.2. The molecule has 0 bridgehead atoms. The van der Waals surface area contributed by atoms with Gasteiger partial charge in [0.1, 0.15) is 0 Å². The second-order valence-corrected chi connectivity index (χ2v) is 13.1. The van der Waals surface area contributed by atoms with Crippen molar-refractivity contribution >= 4 is 27.5 Å². The number of hydrogen-bond acceptors (Lipinski definition) is 3. The Kier molecular flexibility index (Phi) is 6.59. The van der Waals surface area contributed by atoms with Gasteiger partial charge in [-0.2, -0.15) is 0 Å². The molecule has 236 valence electrons. The lowest BCUT2D eigenvalue weighted by molar-refractivity contribution is 0.805. The summed E-state index contributed by atoms with van der Waals surface area (Å²) in [6, 6.07) is 53.9. The van der Waals surface area contributed by atoms with Crippen molar-refractivity contribution in [2.24, 2.45) is 0 Å². The van der Waals surface area contributed by atoms with Crippen LogP contribution in [0.15, 0.2) is 176 Å². The highest BCUT2D eigenvalue weighted by Crippen LogP contribution is 2.46. The molecule has 2 unspecified atom stereocenters. The highest BCUT2D eigenvalue weighted by atomic mass is 15.0. The predicted molar refractivity (Wildman–Crippen MR) is 207 cm³/mol. The maximum absolute atomic E-state index is 5.21. The Morgan fingerprint density at radius 3 is 1.94 bits per heavy atom. The number of rotatable bonds is 5. The van der Waals surface area contributed by atoms with E-state index >= 15 is 0 Å². The minimum Gasteiger partial charge on any atom is -0.376 e. The molecule has 2 atom stereocenters. The minimum absolute atomic E-state index is 0.257. The van der Waals surface area contributed by atoms with Gasteiger partial charge in [-0.25, -0.2) is 9.97 Å². The van der Waals surface area contributed by atoms with E-state index in [1.807, 2.05) is 12.1 Å². The van der Waals surface area contributed by atoms with Crippen LogP contribution in [0.25, 0.3) is 72.5 Å². The number of hydrogen-bond donors (Lipinski definition) is 1. The highest BCUT2D eigenvalue weighted by molar-refractivity contribution is 6.14. The zero-order valence-electron chi connectivity index (χ0n) is 27.2. The molecule has 1 aliphatic heterocycles. The molecule has 6 aromatic carbocycles. The van der Waals surface area contributed by atoms with E-state index in [4.69, 9.17) is 9.97 Å². The highest BCUT2D eigenvalue weighted by Gasteiger charge is 2.32. The third-order valence-electron chi connectivity index (χ3n) is 10.1. The van der Waals surface area contributed by atoms with Crippen LogP contribution in [-0.4, -0.2) is 20.6 Å². The van der Waals surface area contributed by atoms with Crippen LogP contribution in [0, 0.1) is 0 Å². The minimum atomic E-state index is 0.257. The molecule has 4 nitrogen and oxygen atoms in total. The van der Waals surface area contributed by atoms with Gasteiger partial charge < -0.3 is 9.88 Å². The van der Waals surface area contributed by atoms with E-state index in [1.165, 1.54) is 44.2 Å². The lowest BCUT2D eigenvalue weighted by Gasteiger charge is -2.15. The Bertz CT molecular complexity index is 2610. The van der Waals surface area contributed by atoms with Gasteiger partial charge >= 0.3 is 0 Å². The van der Waals surface area contributed by atoms with Crippen LogP contribution < -0.4 is 5.32 Å². The molecule has 0 fully saturated rings. The van der Waals surface area contributed by atoms with Crippen LogP contribution in [0.1, 0.15) is 11.5 Å². The van der Waals surface area contributed by atoms with Gasteiger partial charge in [0.2, 0.25) is 0 Å². The largest absolute Gasteiger partial charge is 0.376 e. The van der Waals surface area contributed by atoms with Crippen LogP contribution in [0.5, 0.6) is 0 Å². The molecule has 0 amide bonds. The lowest BCUT2D eigenvalue weighted by atomic mass is 9.91. The van der Waals surface area contributed by atoms with Gasteiger partial charge in [0.15, 0.2) is 5.82 Å². The summed E-state index contributed by atoms with van der Waals surface area (Å²) >= 11 is 0. The number of benzene rings is 6. The zero-order valence-corrected chi connectivity index (χ0v) is 27.2. The molecule has 0 saturated heterocycles. The quantitative estimate of drug-likeness (QED) is 0.204. The number of fused-ring (bicyclic) bond motifs is 7. The van der Waals surface area contributed by atoms with Gasteiger partial charge in [0.05, 0.1) is 34.2 Å². The molecule has 50 heavy (non-hydrogen) atoms. The van der Waals surface area contributed by atoms with Crippen molar-refractivity contribution in [1.82, 2.24) is 14.5 Å². The number of allylic oxidation sites excluding steroid dienone is 2. The SMILES string of the molecule is C1=CC2Nc3c(ccc4c5ccccc5n(-c5cccc(-c6nc(-c7ccccc7)cc(-c7ccc(-c8ccccc8)cc7)n6)c5)c34)C2C=C1. The van der Waals surface area contributed by atoms with Gasteiger partial charge in [-0.1, -0.05) is 152 Å². The van der Waals surface area contributed by atoms with E-state index in [9.17, 15) is 0 Å². The molecule has 2 aromatic heterocycles. The molecule has 0 spiro atoms. The van der Waals surface area contributed by atoms with Crippen LogP contribution >= 0.6 is 0 Å². The summed E-state index contributed by atoms with van der Waals surface area (Å²) in [5.74, 6) is 1.02. The van der Waals surface area contributed by atoms with E-state index in [2.05, 4.69) is 174 Å². The standard InChI is InChI=1S/C46H32N4/c1-3-12-30(13-4-1)31-22-24-33(25-23-31)42-29-41(32-14-5-2-6-15-32)48-46(49-42)34-16-11-17-35(28-34)50-43-21-10-8-19-37(43)39-27-26-38-36-18-7-9-20-40(36)47-44(38)45(39)50/h1-29,36,40,47H. The predicted octanol–water partition coefficient (Wildman–Crippen LogP) is 11.2. The second-order valence-electron chi connectivity index (χ2n) is 13.1. The van der Waals surface area contributed by atoms with Crippen molar-refractivity contribution < 1.29 is 0 Å². The molecular formula is C46H32N4. The van der Waals surface area contributed by atoms with E-state index in [0.29, 0.717) is 11.7 Å². The van der Waals surface area contributed by atoms with E-state index in [-0.39, 0.29) is 6.04 Å². The zero-order chi connectivity index (χ0) is 33.0. The summed E-state index contributed by atoms with van der Waals surface area (Å²) in [5, 5.41) is 6.36. The fraction of sp³-hybridized carbons (Fsp3) is 0.0435. The second kappa shape index (κ2) is 11.6. The Balaban J connectivity index is 1.14. The number of nitrogens with zero attached hydrogens (tertiary/aromatic N) is 3. The molecule has 1 N–H and O–H groups in total. The Hall–Kier alpha value is -6.52. The molecule has 8 aromatic rings. The summed E-state index contributed by atoms with van der Waals surface area (Å²) in [5.41, 5.74) is 13.2. The Morgan fingerprint density at radius 1 is 0.500 bits per heavy atom. The van der Waals surface area contributed by atoms with Crippen LogP contribution in [0.3, 0.4) is 0 Å². The fourth-order valence-corrected chi connectivity index (χ4v) is 7.71. The Morgan fingerprint density at radius 2 is 1.14 bits per heavy atom. The van der Waals surface area contributed by atoms with Crippen molar-refractivity contribution in [3.05, 3.63) is 182 Å². The van der Waals surface area contributed by atoms with E-state index < -0.39 is 0 Å². The summed E-state index contributed by atoms with van der Waals surface area (Å²) in [6.07, 6.45) is 8.89. The molecule has 1 aliphatic carbocycles. The molecule has 3 heterocycles. The third kappa shape index (κ3) is 4.68. The molecule has 0 saturated carbocycles. The van der Waals surface area contributed by atoms with Gasteiger partial charge in [0, 0.05) is 39.1 Å². The van der Waals surface area contributed by atoms with Crippen molar-refractivity contribution in [3.8, 4) is 50.7 Å². The lowest BCUT2D eigenvalue weighted by Crippen LogP contribution is -2.17. The summed E-state index contributed by atoms with van der Waals surface area (Å²) in [7, 11) is 0. The number of nitrogens with one attached hydrogen (secondary N) is 1. The molecule has 0 radical (unpaired) electrons. The van der Waals surface area contributed by atoms with E-state index in [1.54, 1.807) is 0 Å². The van der Waals surface area contributed by atoms with Gasteiger partial charge in [0.25, 0.3) is 0 Å². The van der Waals surface area contributed by atoms with Crippen LogP contribution in [0.4, 0.5) is 5.69 Å². The maximum atomic E-state index is 5.21. The summed E-state index contributed by atoms with van der Waals surface area (Å²) in [6.45, 7) is 0. The van der Waals surface area contributed by atoms with Gasteiger partial charge in [-0.3, -0.25) is 0 Å². The average molecular weight is 641 g/mol. The smallest absolute Gasteiger partial charge is 0.160 e. The van der Waals surface area contributed by atoms with Crippen LogP contribution in [0.2, 0.25) is 0 Å². The van der Waals surface area contributed by atoms with Crippen LogP contribution in [-0.2, 0) is 0 Å². The van der Waals surface area contributed by atoms with Crippen molar-refractivity contribution in [2.45, 2.75) is 12.0 Å². The third-order valence-corrected chi connectivity index (χ3v) is 10.1. The number of anilines is 1. The summed E-state index contributed by atoms with van der Waals surface area (Å²) < 4.78 is 2.41. The van der Waals surface area contributed by atoms with Crippen molar-refractivity contribution in [3.63, 3.8) is 0 Å². The maximum Gasteiger partial charge on any atom is 0.160 e. The molecular weight excluding hydrogens is 609 g/mol. The first-order chi connectivity index (χ1) is 24.8. The van der Waals surface area contributed by atoms with Crippen molar-refractivity contribution in [2.75, 3.05) is 5.32 Å². The molecule has 10 rings (SSSR count). The van der Waals surface area contributed by atoms with Gasteiger partial charge in [-0.05, 0) is 41.0 Å². The number of para-hydroxylation sites is 1. The average Bonchev–Trinajstić information content (AvgIpc) is 3.75. The first-order valence-electron chi connectivity index (χ1n) is 17.2. The van der Waals surface area contributed by atoms with Crippen molar-refractivity contribution in [1.29, 1.82) is 0 Å². The topological polar surface area (TPSA) is 42.7 Å². The number of aromatic nitrogens is 3.